The third kappa shape index (κ3) is 5.02. The maximum Gasteiger partial charge on any atom is 0.152 e. The summed E-state index contributed by atoms with van der Waals surface area (Å²) in [5.74, 6) is 0.444. The molecule has 1 N–H and O–H groups in total. The second kappa shape index (κ2) is 9.67. The van der Waals surface area contributed by atoms with Gasteiger partial charge in [-0.3, -0.25) is 9.69 Å². The minimum Gasteiger partial charge on any atom is -0.497 e. The Bertz CT molecular complexity index is 888. The number of ether oxygens (including phenoxy) is 2. The number of aldehydes is 1. The van der Waals surface area contributed by atoms with E-state index in [1.807, 2.05) is 31.2 Å². The Balaban J connectivity index is 2.03. The molecule has 0 aliphatic carbocycles. The average Bonchev–Trinajstić information content (AvgIpc) is 2.75. The number of allylic oxidation sites excluding steroid dienone is 1. The van der Waals surface area contributed by atoms with E-state index in [2.05, 4.69) is 10.2 Å². The topological polar surface area (TPSA) is 50.8 Å². The maximum atomic E-state index is 14.2. The number of nitrogens with zero attached hydrogens (tertiary/aromatic N) is 1. The number of anilines is 1. The van der Waals surface area contributed by atoms with E-state index in [9.17, 15) is 9.18 Å². The number of carbonyl (C=O) groups is 1. The van der Waals surface area contributed by atoms with Crippen molar-refractivity contribution >= 4 is 17.5 Å². The normalized spacial score (nSPS) is 15.6. The zero-order valence-corrected chi connectivity index (χ0v) is 17.1. The van der Waals surface area contributed by atoms with Crippen molar-refractivity contribution in [2.24, 2.45) is 0 Å². The highest BCUT2D eigenvalue weighted by Gasteiger charge is 2.18. The highest BCUT2D eigenvalue weighted by molar-refractivity contribution is 6.09. The van der Waals surface area contributed by atoms with E-state index in [-0.39, 0.29) is 5.82 Å². The Labute approximate surface area is 171 Å². The molecule has 0 aromatic heterocycles. The van der Waals surface area contributed by atoms with Gasteiger partial charge in [0.05, 0.1) is 20.3 Å². The molecule has 0 saturated carbocycles. The lowest BCUT2D eigenvalue weighted by Crippen LogP contribution is -2.38. The van der Waals surface area contributed by atoms with Crippen LogP contribution in [-0.2, 0) is 9.53 Å². The number of halogens is 1. The van der Waals surface area contributed by atoms with E-state index >= 15 is 0 Å². The monoisotopic (exact) mass is 398 g/mol. The average molecular weight is 398 g/mol. The first-order valence-electron chi connectivity index (χ1n) is 9.69. The molecule has 0 atom stereocenters. The van der Waals surface area contributed by atoms with Gasteiger partial charge in [0, 0.05) is 42.2 Å². The molecule has 3 rings (SSSR count). The Hall–Kier alpha value is -2.70. The quantitative estimate of drug-likeness (QED) is 0.568. The van der Waals surface area contributed by atoms with Crippen molar-refractivity contribution in [1.29, 1.82) is 0 Å². The summed E-state index contributed by atoms with van der Waals surface area (Å²) in [4.78, 5) is 14.3. The van der Waals surface area contributed by atoms with Gasteiger partial charge in [-0.05, 0) is 43.2 Å². The van der Waals surface area contributed by atoms with Crippen LogP contribution >= 0.6 is 0 Å². The molecule has 1 fully saturated rings. The van der Waals surface area contributed by atoms with Crippen LogP contribution in [-0.4, -0.2) is 51.1 Å². The van der Waals surface area contributed by atoms with Crippen molar-refractivity contribution in [2.45, 2.75) is 13.8 Å². The van der Waals surface area contributed by atoms with Gasteiger partial charge >= 0.3 is 0 Å². The van der Waals surface area contributed by atoms with E-state index in [0.29, 0.717) is 36.6 Å². The van der Waals surface area contributed by atoms with Crippen LogP contribution < -0.4 is 10.1 Å². The predicted molar refractivity (Wildman–Crippen MR) is 113 cm³/mol. The zero-order chi connectivity index (χ0) is 20.8. The first-order chi connectivity index (χ1) is 14.0. The fourth-order valence-corrected chi connectivity index (χ4v) is 3.42. The van der Waals surface area contributed by atoms with Gasteiger partial charge in [-0.15, -0.1) is 0 Å². The van der Waals surface area contributed by atoms with Crippen LogP contribution in [0, 0.1) is 19.7 Å². The van der Waals surface area contributed by atoms with Crippen LogP contribution in [0.4, 0.5) is 10.1 Å². The van der Waals surface area contributed by atoms with E-state index < -0.39 is 0 Å². The van der Waals surface area contributed by atoms with Crippen molar-refractivity contribution < 1.29 is 18.7 Å². The SMILES string of the molecule is COc1ccc(/C(C=O)=C(\CN2CCOCC2)Nc2c(C)ccc(F)c2C)cc1. The number of carbonyl (C=O) groups excluding carboxylic acids is 1. The molecule has 6 heteroatoms. The molecule has 0 amide bonds. The third-order valence-corrected chi connectivity index (χ3v) is 5.21. The first-order valence-corrected chi connectivity index (χ1v) is 9.69. The van der Waals surface area contributed by atoms with Crippen molar-refractivity contribution in [3.8, 4) is 5.75 Å². The predicted octanol–water partition coefficient (Wildman–Crippen LogP) is 3.81. The number of methoxy groups -OCH3 is 1. The highest BCUT2D eigenvalue weighted by atomic mass is 19.1. The fraction of sp³-hybridized carbons (Fsp3) is 0.348. The minimum absolute atomic E-state index is 0.277. The number of morpholine rings is 1. The van der Waals surface area contributed by atoms with Crippen molar-refractivity contribution in [2.75, 3.05) is 45.3 Å². The summed E-state index contributed by atoms with van der Waals surface area (Å²) in [6.45, 7) is 7.08. The largest absolute Gasteiger partial charge is 0.497 e. The number of rotatable bonds is 7. The molecule has 0 bridgehead atoms. The summed E-state index contributed by atoms with van der Waals surface area (Å²) < 4.78 is 24.9. The van der Waals surface area contributed by atoms with Crippen molar-refractivity contribution in [3.05, 3.63) is 64.6 Å². The summed E-state index contributed by atoms with van der Waals surface area (Å²) in [7, 11) is 1.60. The zero-order valence-electron chi connectivity index (χ0n) is 17.1. The first kappa shape index (κ1) is 21.0. The lowest BCUT2D eigenvalue weighted by Gasteiger charge is -2.29. The molecule has 1 saturated heterocycles. The van der Waals surface area contributed by atoms with E-state index in [1.165, 1.54) is 6.07 Å². The fourth-order valence-electron chi connectivity index (χ4n) is 3.42. The molecule has 1 heterocycles. The summed E-state index contributed by atoms with van der Waals surface area (Å²) in [6.07, 6.45) is 0.856. The van der Waals surface area contributed by atoms with Crippen LogP contribution in [0.1, 0.15) is 16.7 Å². The highest BCUT2D eigenvalue weighted by Crippen LogP contribution is 2.28. The molecule has 0 spiro atoms. The van der Waals surface area contributed by atoms with Gasteiger partial charge < -0.3 is 14.8 Å². The van der Waals surface area contributed by atoms with E-state index in [0.717, 1.165) is 41.9 Å². The van der Waals surface area contributed by atoms with E-state index in [1.54, 1.807) is 20.1 Å². The molecule has 0 radical (unpaired) electrons. The molecule has 2 aromatic rings. The number of benzene rings is 2. The summed E-state index contributed by atoms with van der Waals surface area (Å²) in [6, 6.07) is 10.6. The van der Waals surface area contributed by atoms with Crippen LogP contribution in [0.3, 0.4) is 0 Å². The third-order valence-electron chi connectivity index (χ3n) is 5.21. The number of hydrogen-bond donors (Lipinski definition) is 1. The second-order valence-corrected chi connectivity index (χ2v) is 7.12. The molecule has 0 unspecified atom stereocenters. The molecule has 5 nitrogen and oxygen atoms in total. The van der Waals surface area contributed by atoms with Crippen LogP contribution in [0.15, 0.2) is 42.1 Å². The molecular formula is C23H27FN2O3. The van der Waals surface area contributed by atoms with Gasteiger partial charge in [-0.1, -0.05) is 18.2 Å². The van der Waals surface area contributed by atoms with Crippen LogP contribution in [0.2, 0.25) is 0 Å². The molecule has 1 aliphatic heterocycles. The van der Waals surface area contributed by atoms with Gasteiger partial charge in [0.15, 0.2) is 6.29 Å². The van der Waals surface area contributed by atoms with Gasteiger partial charge in [0.1, 0.15) is 11.6 Å². The van der Waals surface area contributed by atoms with Crippen LogP contribution in [0.25, 0.3) is 5.57 Å². The minimum atomic E-state index is -0.277. The second-order valence-electron chi connectivity index (χ2n) is 7.12. The van der Waals surface area contributed by atoms with E-state index in [4.69, 9.17) is 9.47 Å². The molecule has 29 heavy (non-hydrogen) atoms. The van der Waals surface area contributed by atoms with Gasteiger partial charge in [-0.25, -0.2) is 4.39 Å². The summed E-state index contributed by atoms with van der Waals surface area (Å²) in [5, 5.41) is 3.38. The Morgan fingerprint density at radius 2 is 1.86 bits per heavy atom. The number of aryl methyl sites for hydroxylation is 1. The standard InChI is InChI=1S/C23H27FN2O3/c1-16-4-9-21(24)17(2)23(16)25-22(14-26-10-12-29-13-11-26)20(15-27)18-5-7-19(28-3)8-6-18/h4-9,15,25H,10-14H2,1-3H3/b22-20+. The smallest absolute Gasteiger partial charge is 0.152 e. The summed E-state index contributed by atoms with van der Waals surface area (Å²) in [5.41, 5.74) is 4.21. The molecule has 2 aromatic carbocycles. The van der Waals surface area contributed by atoms with Crippen molar-refractivity contribution in [3.63, 3.8) is 0 Å². The van der Waals surface area contributed by atoms with Gasteiger partial charge in [0.2, 0.25) is 0 Å². The van der Waals surface area contributed by atoms with Gasteiger partial charge in [0.25, 0.3) is 0 Å². The lowest BCUT2D eigenvalue weighted by molar-refractivity contribution is -0.103. The van der Waals surface area contributed by atoms with Gasteiger partial charge in [-0.2, -0.15) is 0 Å². The van der Waals surface area contributed by atoms with Crippen LogP contribution in [0.5, 0.6) is 5.75 Å². The Morgan fingerprint density at radius 3 is 2.48 bits per heavy atom. The molecule has 1 aliphatic rings. The Kier molecular flexibility index (Phi) is 7.01. The van der Waals surface area contributed by atoms with Crippen molar-refractivity contribution in [1.82, 2.24) is 4.90 Å². The molecule has 154 valence electrons. The summed E-state index contributed by atoms with van der Waals surface area (Å²) >= 11 is 0. The number of hydrogen-bond acceptors (Lipinski definition) is 5. The number of nitrogens with one attached hydrogen (secondary N) is 1. The molecular weight excluding hydrogens is 371 g/mol. The lowest BCUT2D eigenvalue weighted by atomic mass is 10.0. The Morgan fingerprint density at radius 1 is 1.17 bits per heavy atom. The maximum absolute atomic E-state index is 14.2.